The van der Waals surface area contributed by atoms with Gasteiger partial charge in [-0.2, -0.15) is 0 Å². The Balaban J connectivity index is 1.71. The number of alkyl carbamates (subject to hydrolysis) is 1. The summed E-state index contributed by atoms with van der Waals surface area (Å²) in [7, 11) is 0. The lowest BCUT2D eigenvalue weighted by Gasteiger charge is -2.12. The van der Waals surface area contributed by atoms with Gasteiger partial charge in [0.05, 0.1) is 13.2 Å². The largest absolute Gasteiger partial charge is 0.477 e. The summed E-state index contributed by atoms with van der Waals surface area (Å²) < 4.78 is 6.68. The monoisotopic (exact) mass is 444 g/mol. The van der Waals surface area contributed by atoms with Crippen LogP contribution >= 0.6 is 0 Å². The second-order valence-electron chi connectivity index (χ2n) is 8.16. The highest BCUT2D eigenvalue weighted by atomic mass is 16.5. The molecule has 0 atom stereocenters. The van der Waals surface area contributed by atoms with Crippen molar-refractivity contribution in [2.24, 2.45) is 5.92 Å². The molecule has 0 saturated carbocycles. The topological polar surface area (TPSA) is 117 Å². The Morgan fingerprint density at radius 2 is 1.85 bits per heavy atom. The van der Waals surface area contributed by atoms with Crippen molar-refractivity contribution in [3.8, 4) is 0 Å². The third-order valence-corrected chi connectivity index (χ3v) is 5.20. The Hall–Kier alpha value is -4.20. The molecule has 3 N–H and O–H groups in total. The molecule has 1 amide bonds. The van der Waals surface area contributed by atoms with Crippen molar-refractivity contribution in [2.75, 3.05) is 6.61 Å². The van der Waals surface area contributed by atoms with Crippen LogP contribution in [0.1, 0.15) is 35.6 Å². The number of carboxylic acids is 1. The number of aromatic nitrogens is 2. The number of nitrogens with zero attached hydrogens (tertiary/aromatic N) is 2. The number of carbonyl (C=O) groups excluding carboxylic acids is 1. The second-order valence-corrected chi connectivity index (χ2v) is 8.16. The average molecular weight is 444 g/mol. The molecule has 8 nitrogen and oxygen atoms in total. The van der Waals surface area contributed by atoms with Gasteiger partial charge in [-0.15, -0.1) is 0 Å². The predicted molar refractivity (Wildman–Crippen MR) is 126 cm³/mol. The maximum atomic E-state index is 12.0. The van der Waals surface area contributed by atoms with Crippen molar-refractivity contribution in [3.05, 3.63) is 77.6 Å². The summed E-state index contributed by atoms with van der Waals surface area (Å²) in [5, 5.41) is 23.1. The Morgan fingerprint density at radius 3 is 2.61 bits per heavy atom. The Morgan fingerprint density at radius 1 is 1.09 bits per heavy atom. The molecule has 0 aliphatic rings. The number of nitrogens with one attached hydrogen (secondary N) is 2. The Labute approximate surface area is 190 Å². The van der Waals surface area contributed by atoms with Crippen molar-refractivity contribution >= 4 is 39.7 Å². The fourth-order valence-corrected chi connectivity index (χ4v) is 3.65. The number of aromatic carboxylic acids is 1. The van der Waals surface area contributed by atoms with Crippen LogP contribution < -0.4 is 5.32 Å². The molecule has 4 rings (SSSR count). The van der Waals surface area contributed by atoms with E-state index in [4.69, 9.17) is 10.1 Å². The number of carboxylic acid groups (broad SMARTS) is 1. The first-order chi connectivity index (χ1) is 15.8. The van der Waals surface area contributed by atoms with E-state index in [0.717, 1.165) is 16.3 Å². The zero-order valence-electron chi connectivity index (χ0n) is 18.3. The number of pyridine rings is 1. The number of fused-ring (bicyclic) bond motifs is 2. The first kappa shape index (κ1) is 22.0. The molecule has 4 aromatic rings. The van der Waals surface area contributed by atoms with Crippen LogP contribution in [0.4, 0.5) is 4.79 Å². The number of hydrogen-bond donors (Lipinski definition) is 3. The highest BCUT2D eigenvalue weighted by Crippen LogP contribution is 2.24. The minimum absolute atomic E-state index is 0.0958. The SMILES string of the molecule is CC(C)COC(=O)NC(=N)c1ccc2cc(C(=O)O)n(Cc3cccc4ccccc34)c2n1. The molecule has 0 saturated heterocycles. The summed E-state index contributed by atoms with van der Waals surface area (Å²) in [5.41, 5.74) is 1.67. The van der Waals surface area contributed by atoms with E-state index in [2.05, 4.69) is 10.3 Å². The molecule has 0 spiro atoms. The maximum Gasteiger partial charge on any atom is 0.412 e. The van der Waals surface area contributed by atoms with Gasteiger partial charge in [0.15, 0.2) is 5.84 Å². The van der Waals surface area contributed by atoms with Crippen molar-refractivity contribution in [1.82, 2.24) is 14.9 Å². The molecular weight excluding hydrogens is 420 g/mol. The van der Waals surface area contributed by atoms with Gasteiger partial charge in [-0.05, 0) is 40.5 Å². The molecule has 0 aliphatic heterocycles. The minimum atomic E-state index is -1.07. The lowest BCUT2D eigenvalue weighted by molar-refractivity contribution is 0.0686. The summed E-state index contributed by atoms with van der Waals surface area (Å²) in [5.74, 6) is -1.12. The van der Waals surface area contributed by atoms with Gasteiger partial charge in [-0.3, -0.25) is 10.7 Å². The van der Waals surface area contributed by atoms with Gasteiger partial charge in [0, 0.05) is 5.39 Å². The molecule has 0 unspecified atom stereocenters. The van der Waals surface area contributed by atoms with Gasteiger partial charge in [-0.25, -0.2) is 14.6 Å². The first-order valence-corrected chi connectivity index (χ1v) is 10.6. The van der Waals surface area contributed by atoms with Crippen LogP contribution in [0.2, 0.25) is 0 Å². The van der Waals surface area contributed by atoms with Crippen LogP contribution in [0.25, 0.3) is 21.8 Å². The van der Waals surface area contributed by atoms with Gasteiger partial charge in [0.1, 0.15) is 17.0 Å². The first-order valence-electron chi connectivity index (χ1n) is 10.6. The van der Waals surface area contributed by atoms with Gasteiger partial charge in [-0.1, -0.05) is 56.3 Å². The molecular formula is C25H24N4O4. The Bertz CT molecular complexity index is 1370. The smallest absolute Gasteiger partial charge is 0.412 e. The number of amides is 1. The van der Waals surface area contributed by atoms with Crippen LogP contribution in [0.3, 0.4) is 0 Å². The highest BCUT2D eigenvalue weighted by molar-refractivity contribution is 6.04. The van der Waals surface area contributed by atoms with Crippen LogP contribution in [-0.2, 0) is 11.3 Å². The minimum Gasteiger partial charge on any atom is -0.477 e. The lowest BCUT2D eigenvalue weighted by Crippen LogP contribution is -2.32. The van der Waals surface area contributed by atoms with Gasteiger partial charge in [0.25, 0.3) is 0 Å². The summed E-state index contributed by atoms with van der Waals surface area (Å²) >= 11 is 0. The zero-order valence-corrected chi connectivity index (χ0v) is 18.3. The van der Waals surface area contributed by atoms with Gasteiger partial charge in [0.2, 0.25) is 0 Å². The van der Waals surface area contributed by atoms with E-state index in [0.29, 0.717) is 17.6 Å². The van der Waals surface area contributed by atoms with Crippen LogP contribution in [0.5, 0.6) is 0 Å². The standard InChI is InChI=1S/C25H24N4O4/c1-15(2)14-33-25(32)28-22(26)20-11-10-17-12-21(24(30)31)29(23(17)27-20)13-18-8-5-7-16-6-3-4-9-19(16)18/h3-12,15H,13-14H2,1-2H3,(H,30,31)(H2,26,28,32). The van der Waals surface area contributed by atoms with Crippen LogP contribution in [0.15, 0.2) is 60.7 Å². The van der Waals surface area contributed by atoms with E-state index >= 15 is 0 Å². The van der Waals surface area contributed by atoms with Gasteiger partial charge < -0.3 is 14.4 Å². The van der Waals surface area contributed by atoms with E-state index in [1.807, 2.05) is 56.3 Å². The number of ether oxygens (including phenoxy) is 1. The van der Waals surface area contributed by atoms with Crippen molar-refractivity contribution in [2.45, 2.75) is 20.4 Å². The normalized spacial score (nSPS) is 11.1. The molecule has 168 valence electrons. The van der Waals surface area contributed by atoms with Crippen LogP contribution in [-0.4, -0.2) is 39.2 Å². The van der Waals surface area contributed by atoms with Crippen molar-refractivity contribution in [1.29, 1.82) is 5.41 Å². The quantitative estimate of drug-likeness (QED) is 0.296. The lowest BCUT2D eigenvalue weighted by atomic mass is 10.0. The third-order valence-electron chi connectivity index (χ3n) is 5.20. The zero-order chi connectivity index (χ0) is 23.5. The molecule has 0 aliphatic carbocycles. The summed E-state index contributed by atoms with van der Waals surface area (Å²) in [4.78, 5) is 28.4. The van der Waals surface area contributed by atoms with E-state index in [1.54, 1.807) is 22.8 Å². The third kappa shape index (κ3) is 4.69. The molecule has 33 heavy (non-hydrogen) atoms. The molecule has 0 fully saturated rings. The fraction of sp³-hybridized carbons (Fsp3) is 0.200. The number of rotatable bonds is 6. The Kier molecular flexibility index (Phi) is 6.08. The number of hydrogen-bond acceptors (Lipinski definition) is 5. The molecule has 0 bridgehead atoms. The van der Waals surface area contributed by atoms with E-state index in [9.17, 15) is 14.7 Å². The van der Waals surface area contributed by atoms with E-state index in [-0.39, 0.29) is 29.7 Å². The van der Waals surface area contributed by atoms with Gasteiger partial charge >= 0.3 is 12.1 Å². The van der Waals surface area contributed by atoms with Crippen molar-refractivity contribution < 1.29 is 19.4 Å². The number of benzene rings is 2. The number of carbonyl (C=O) groups is 2. The van der Waals surface area contributed by atoms with E-state index < -0.39 is 12.1 Å². The highest BCUT2D eigenvalue weighted by Gasteiger charge is 2.19. The number of amidine groups is 1. The maximum absolute atomic E-state index is 12.0. The summed E-state index contributed by atoms with van der Waals surface area (Å²) in [6, 6.07) is 18.6. The fourth-order valence-electron chi connectivity index (χ4n) is 3.65. The second kappa shape index (κ2) is 9.12. The molecule has 2 heterocycles. The summed E-state index contributed by atoms with van der Waals surface area (Å²) in [6.07, 6.45) is -0.729. The van der Waals surface area contributed by atoms with Crippen molar-refractivity contribution in [3.63, 3.8) is 0 Å². The van der Waals surface area contributed by atoms with Crippen LogP contribution in [0, 0.1) is 11.3 Å². The summed E-state index contributed by atoms with van der Waals surface area (Å²) in [6.45, 7) is 4.36. The molecule has 2 aromatic carbocycles. The molecule has 0 radical (unpaired) electrons. The average Bonchev–Trinajstić information content (AvgIpc) is 3.16. The molecule has 8 heteroatoms. The molecule has 2 aromatic heterocycles. The van der Waals surface area contributed by atoms with E-state index in [1.165, 1.54) is 0 Å². The predicted octanol–water partition coefficient (Wildman–Crippen LogP) is 4.64.